The fourth-order valence-electron chi connectivity index (χ4n) is 2.91. The second-order valence-corrected chi connectivity index (χ2v) is 7.06. The molecule has 0 spiro atoms. The average Bonchev–Trinajstić information content (AvgIpc) is 2.66. The summed E-state index contributed by atoms with van der Waals surface area (Å²) in [6.07, 6.45) is -5.01. The van der Waals surface area contributed by atoms with Crippen molar-refractivity contribution in [3.63, 3.8) is 0 Å². The van der Waals surface area contributed by atoms with Gasteiger partial charge in [0.25, 0.3) is 0 Å². The highest BCUT2D eigenvalue weighted by Crippen LogP contribution is 2.35. The summed E-state index contributed by atoms with van der Waals surface area (Å²) in [5.74, 6) is -2.58. The summed E-state index contributed by atoms with van der Waals surface area (Å²) in [6.45, 7) is 0.361. The quantitative estimate of drug-likeness (QED) is 0.533. The third kappa shape index (κ3) is 5.03. The molecule has 0 saturated heterocycles. The Kier molecular flexibility index (Phi) is 5.91. The first-order valence-corrected chi connectivity index (χ1v) is 8.87. The van der Waals surface area contributed by atoms with Gasteiger partial charge < -0.3 is 10.1 Å². The van der Waals surface area contributed by atoms with Crippen LogP contribution in [0.3, 0.4) is 0 Å². The van der Waals surface area contributed by atoms with Crippen LogP contribution in [0.25, 0.3) is 10.9 Å². The van der Waals surface area contributed by atoms with Gasteiger partial charge in [0, 0.05) is 5.39 Å². The molecule has 1 heterocycles. The number of nitrogens with one attached hydrogen (secondary N) is 1. The van der Waals surface area contributed by atoms with Crippen molar-refractivity contribution in [3.8, 4) is 5.75 Å². The van der Waals surface area contributed by atoms with Crippen LogP contribution < -0.4 is 10.1 Å². The van der Waals surface area contributed by atoms with Gasteiger partial charge in [0.05, 0.1) is 23.7 Å². The van der Waals surface area contributed by atoms with Crippen molar-refractivity contribution in [2.24, 2.45) is 5.41 Å². The van der Waals surface area contributed by atoms with Crippen LogP contribution in [0, 0.1) is 17.0 Å². The minimum Gasteiger partial charge on any atom is -0.489 e. The zero-order valence-electron chi connectivity index (χ0n) is 15.8. The number of amides is 1. The summed E-state index contributed by atoms with van der Waals surface area (Å²) in [4.78, 5) is 16.6. The fraction of sp³-hybridized carbons (Fsp3) is 0.238. The van der Waals surface area contributed by atoms with E-state index in [0.717, 1.165) is 19.2 Å². The van der Waals surface area contributed by atoms with Crippen molar-refractivity contribution in [2.75, 3.05) is 11.9 Å². The largest absolute Gasteiger partial charge is 0.489 e. The summed E-state index contributed by atoms with van der Waals surface area (Å²) < 4.78 is 72.1. The number of ether oxygens (including phenoxy) is 1. The highest BCUT2D eigenvalue weighted by atomic mass is 19.4. The van der Waals surface area contributed by atoms with E-state index < -0.39 is 42.2 Å². The van der Waals surface area contributed by atoms with Gasteiger partial charge in [0.15, 0.2) is 11.6 Å². The Morgan fingerprint density at radius 3 is 2.47 bits per heavy atom. The molecule has 3 aromatic rings. The van der Waals surface area contributed by atoms with Gasteiger partial charge in [-0.05, 0) is 31.2 Å². The first kappa shape index (κ1) is 21.5. The number of carbonyl (C=O) groups excluding carboxylic acids is 1. The summed E-state index contributed by atoms with van der Waals surface area (Å²) in [5.41, 5.74) is -1.90. The molecule has 0 aliphatic rings. The van der Waals surface area contributed by atoms with E-state index in [9.17, 15) is 26.7 Å². The normalized spacial score (nSPS) is 13.7. The maximum Gasteiger partial charge on any atom is 0.390 e. The Labute approximate surface area is 168 Å². The Bertz CT molecular complexity index is 1070. The van der Waals surface area contributed by atoms with E-state index in [2.05, 4.69) is 10.3 Å². The van der Waals surface area contributed by atoms with E-state index in [-0.39, 0.29) is 17.0 Å². The zero-order valence-corrected chi connectivity index (χ0v) is 15.8. The van der Waals surface area contributed by atoms with Crippen LogP contribution in [0.4, 0.5) is 27.6 Å². The SMILES string of the molecule is CC(COc1ccccc1F)(CC(F)(F)F)C(=O)Nc1cnc2c(F)cccc2c1. The number of alkyl halides is 3. The molecule has 0 radical (unpaired) electrons. The molecule has 2 aromatic carbocycles. The second-order valence-electron chi connectivity index (χ2n) is 7.06. The van der Waals surface area contributed by atoms with Crippen molar-refractivity contribution in [2.45, 2.75) is 19.5 Å². The van der Waals surface area contributed by atoms with Gasteiger partial charge in [-0.3, -0.25) is 9.78 Å². The van der Waals surface area contributed by atoms with Gasteiger partial charge in [-0.1, -0.05) is 24.3 Å². The van der Waals surface area contributed by atoms with E-state index in [1.807, 2.05) is 0 Å². The molecule has 1 N–H and O–H groups in total. The minimum absolute atomic E-state index is 0.0661. The maximum atomic E-state index is 13.7. The van der Waals surface area contributed by atoms with E-state index in [0.29, 0.717) is 5.39 Å². The Hall–Kier alpha value is -3.23. The highest BCUT2D eigenvalue weighted by molar-refractivity contribution is 5.96. The zero-order chi connectivity index (χ0) is 21.9. The number of anilines is 1. The van der Waals surface area contributed by atoms with Gasteiger partial charge in [0.1, 0.15) is 17.9 Å². The molecule has 1 unspecified atom stereocenters. The van der Waals surface area contributed by atoms with Crippen LogP contribution >= 0.6 is 0 Å². The Morgan fingerprint density at radius 2 is 1.77 bits per heavy atom. The van der Waals surface area contributed by atoms with Gasteiger partial charge in [0.2, 0.25) is 5.91 Å². The lowest BCUT2D eigenvalue weighted by Crippen LogP contribution is -2.42. The molecule has 1 atom stereocenters. The summed E-state index contributed by atoms with van der Waals surface area (Å²) >= 11 is 0. The number of para-hydroxylation sites is 2. The number of rotatable bonds is 6. The number of nitrogens with zero attached hydrogens (tertiary/aromatic N) is 1. The Balaban J connectivity index is 1.83. The summed E-state index contributed by atoms with van der Waals surface area (Å²) in [7, 11) is 0. The van der Waals surface area contributed by atoms with Crippen molar-refractivity contribution < 1.29 is 31.5 Å². The molecule has 158 valence electrons. The number of halogens is 5. The van der Waals surface area contributed by atoms with Gasteiger partial charge in [-0.15, -0.1) is 0 Å². The lowest BCUT2D eigenvalue weighted by molar-refractivity contribution is -0.167. The second kappa shape index (κ2) is 8.25. The molecule has 0 bridgehead atoms. The molecule has 0 saturated carbocycles. The molecule has 9 heteroatoms. The van der Waals surface area contributed by atoms with E-state index in [4.69, 9.17) is 4.74 Å². The third-order valence-electron chi connectivity index (χ3n) is 4.44. The monoisotopic (exact) mass is 424 g/mol. The van der Waals surface area contributed by atoms with Crippen molar-refractivity contribution in [1.82, 2.24) is 4.98 Å². The lowest BCUT2D eigenvalue weighted by atomic mass is 9.86. The summed E-state index contributed by atoms with van der Waals surface area (Å²) in [6, 6.07) is 10.8. The molecule has 0 fully saturated rings. The van der Waals surface area contributed by atoms with E-state index in [1.165, 1.54) is 36.4 Å². The van der Waals surface area contributed by atoms with E-state index in [1.54, 1.807) is 6.07 Å². The van der Waals surface area contributed by atoms with Crippen LogP contribution in [0.1, 0.15) is 13.3 Å². The maximum absolute atomic E-state index is 13.7. The molecule has 0 aliphatic heterocycles. The van der Waals surface area contributed by atoms with Crippen LogP contribution in [-0.2, 0) is 4.79 Å². The number of fused-ring (bicyclic) bond motifs is 1. The van der Waals surface area contributed by atoms with Gasteiger partial charge in [-0.2, -0.15) is 13.2 Å². The predicted octanol–water partition coefficient (Wildman–Crippen LogP) is 5.49. The standard InChI is InChI=1S/C21H17F5N2O2/c1-20(11-21(24,25)26,12-30-17-8-3-2-6-15(17)22)19(29)28-14-9-13-5-4-7-16(23)18(13)27-10-14/h2-10H,11-12H2,1H3,(H,28,29). The van der Waals surface area contributed by atoms with Gasteiger partial charge in [-0.25, -0.2) is 8.78 Å². The smallest absolute Gasteiger partial charge is 0.390 e. The van der Waals surface area contributed by atoms with E-state index >= 15 is 0 Å². The third-order valence-corrected chi connectivity index (χ3v) is 4.44. The lowest BCUT2D eigenvalue weighted by Gasteiger charge is -2.29. The molecule has 0 aliphatic carbocycles. The summed E-state index contributed by atoms with van der Waals surface area (Å²) in [5, 5.41) is 2.74. The molecule has 3 rings (SSSR count). The van der Waals surface area contributed by atoms with Gasteiger partial charge >= 0.3 is 6.18 Å². The molecule has 30 heavy (non-hydrogen) atoms. The average molecular weight is 424 g/mol. The van der Waals surface area contributed by atoms with Crippen molar-refractivity contribution >= 4 is 22.5 Å². The first-order valence-electron chi connectivity index (χ1n) is 8.87. The number of benzene rings is 2. The minimum atomic E-state index is -4.67. The molecule has 1 amide bonds. The molecule has 1 aromatic heterocycles. The predicted molar refractivity (Wildman–Crippen MR) is 101 cm³/mol. The number of hydrogen-bond acceptors (Lipinski definition) is 3. The number of pyridine rings is 1. The highest BCUT2D eigenvalue weighted by Gasteiger charge is 2.45. The molecule has 4 nitrogen and oxygen atoms in total. The van der Waals surface area contributed by atoms with Crippen molar-refractivity contribution in [3.05, 3.63) is 66.4 Å². The number of aromatic nitrogens is 1. The fourth-order valence-corrected chi connectivity index (χ4v) is 2.91. The molecular formula is C21H17F5N2O2. The first-order chi connectivity index (χ1) is 14.1. The van der Waals surface area contributed by atoms with Crippen LogP contribution in [-0.4, -0.2) is 23.7 Å². The van der Waals surface area contributed by atoms with Crippen LogP contribution in [0.15, 0.2) is 54.7 Å². The van der Waals surface area contributed by atoms with Crippen LogP contribution in [0.2, 0.25) is 0 Å². The Morgan fingerprint density at radius 1 is 1.07 bits per heavy atom. The van der Waals surface area contributed by atoms with Crippen LogP contribution in [0.5, 0.6) is 5.75 Å². The number of carbonyl (C=O) groups is 1. The topological polar surface area (TPSA) is 51.2 Å². The molecular weight excluding hydrogens is 407 g/mol. The van der Waals surface area contributed by atoms with Crippen molar-refractivity contribution in [1.29, 1.82) is 0 Å². The number of hydrogen-bond donors (Lipinski definition) is 1.